The molecule has 5 rings (SSSR count). The third-order valence-corrected chi connectivity index (χ3v) is 5.83. The Labute approximate surface area is 171 Å². The Morgan fingerprint density at radius 3 is 2.24 bits per heavy atom. The molecule has 0 bridgehead atoms. The van der Waals surface area contributed by atoms with E-state index in [0.29, 0.717) is 0 Å². The topological polar surface area (TPSA) is 36.7 Å². The Morgan fingerprint density at radius 1 is 0.793 bits per heavy atom. The van der Waals surface area contributed by atoms with Gasteiger partial charge in [-0.15, -0.1) is 0 Å². The van der Waals surface area contributed by atoms with E-state index in [2.05, 4.69) is 78.2 Å². The highest BCUT2D eigenvalue weighted by atomic mass is 15.3. The third kappa shape index (κ3) is 3.23. The molecule has 5 heteroatoms. The van der Waals surface area contributed by atoms with Gasteiger partial charge in [0.05, 0.1) is 5.69 Å². The number of nitrogens with zero attached hydrogens (tertiary/aromatic N) is 5. The minimum absolute atomic E-state index is 0.950. The second-order valence-electron chi connectivity index (χ2n) is 7.69. The zero-order chi connectivity index (χ0) is 19.8. The molecule has 1 aliphatic rings. The van der Waals surface area contributed by atoms with Crippen LogP contribution in [0.5, 0.6) is 0 Å². The lowest BCUT2D eigenvalue weighted by Gasteiger charge is -2.37. The standard InChI is InChI=1S/C24H25N5/c1-18-7-3-5-9-20(18)21-17-23-24(25-11-12-29(23)26-21)28-15-13-27(14-16-28)22-10-6-4-8-19(22)2/h3-12,17H,13-16H2,1-2H3. The van der Waals surface area contributed by atoms with Gasteiger partial charge in [-0.1, -0.05) is 42.5 Å². The van der Waals surface area contributed by atoms with Gasteiger partial charge in [0.15, 0.2) is 5.82 Å². The van der Waals surface area contributed by atoms with Crippen molar-refractivity contribution in [2.24, 2.45) is 0 Å². The second-order valence-corrected chi connectivity index (χ2v) is 7.69. The number of para-hydroxylation sites is 1. The summed E-state index contributed by atoms with van der Waals surface area (Å²) < 4.78 is 1.96. The first kappa shape index (κ1) is 17.7. The van der Waals surface area contributed by atoms with Crippen LogP contribution in [0.15, 0.2) is 67.0 Å². The normalized spacial score (nSPS) is 14.6. The van der Waals surface area contributed by atoms with Crippen molar-refractivity contribution in [3.63, 3.8) is 0 Å². The largest absolute Gasteiger partial charge is 0.368 e. The molecule has 0 atom stereocenters. The van der Waals surface area contributed by atoms with Crippen molar-refractivity contribution in [1.82, 2.24) is 14.6 Å². The van der Waals surface area contributed by atoms with Crippen molar-refractivity contribution >= 4 is 17.0 Å². The summed E-state index contributed by atoms with van der Waals surface area (Å²) in [6.45, 7) is 8.20. The summed E-state index contributed by atoms with van der Waals surface area (Å²) in [6, 6.07) is 19.2. The fraction of sp³-hybridized carbons (Fsp3) is 0.250. The average molecular weight is 383 g/mol. The number of rotatable bonds is 3. The Kier molecular flexibility index (Phi) is 4.43. The van der Waals surface area contributed by atoms with Crippen molar-refractivity contribution in [2.45, 2.75) is 13.8 Å². The van der Waals surface area contributed by atoms with Crippen LogP contribution in [-0.4, -0.2) is 40.8 Å². The highest BCUT2D eigenvalue weighted by molar-refractivity contribution is 5.76. The van der Waals surface area contributed by atoms with Gasteiger partial charge in [-0.2, -0.15) is 5.10 Å². The van der Waals surface area contributed by atoms with Crippen molar-refractivity contribution in [1.29, 1.82) is 0 Å². The van der Waals surface area contributed by atoms with E-state index in [9.17, 15) is 0 Å². The first-order valence-electron chi connectivity index (χ1n) is 10.2. The van der Waals surface area contributed by atoms with Crippen LogP contribution in [0.4, 0.5) is 11.5 Å². The average Bonchev–Trinajstić information content (AvgIpc) is 3.19. The number of aryl methyl sites for hydroxylation is 2. The lowest BCUT2D eigenvalue weighted by Crippen LogP contribution is -2.47. The number of piperazine rings is 1. The molecule has 3 heterocycles. The molecule has 0 aliphatic carbocycles. The summed E-state index contributed by atoms with van der Waals surface area (Å²) >= 11 is 0. The molecule has 0 unspecified atom stereocenters. The number of fused-ring (bicyclic) bond motifs is 1. The molecule has 1 fully saturated rings. The molecular formula is C24H25N5. The second kappa shape index (κ2) is 7.24. The Hall–Kier alpha value is -3.34. The van der Waals surface area contributed by atoms with Crippen molar-refractivity contribution in [2.75, 3.05) is 36.0 Å². The predicted octanol–water partition coefficient (Wildman–Crippen LogP) is 4.34. The van der Waals surface area contributed by atoms with E-state index in [1.807, 2.05) is 16.9 Å². The molecule has 0 saturated carbocycles. The van der Waals surface area contributed by atoms with Crippen LogP contribution in [0, 0.1) is 13.8 Å². The Morgan fingerprint density at radius 2 is 1.48 bits per heavy atom. The van der Waals surface area contributed by atoms with Gasteiger partial charge in [0.25, 0.3) is 0 Å². The van der Waals surface area contributed by atoms with Crippen LogP contribution in [0.3, 0.4) is 0 Å². The number of anilines is 2. The molecule has 2 aromatic heterocycles. The summed E-state index contributed by atoms with van der Waals surface area (Å²) in [7, 11) is 0. The molecule has 0 N–H and O–H groups in total. The quantitative estimate of drug-likeness (QED) is 0.527. The van der Waals surface area contributed by atoms with Gasteiger partial charge >= 0.3 is 0 Å². The maximum atomic E-state index is 4.81. The number of hydrogen-bond donors (Lipinski definition) is 0. The third-order valence-electron chi connectivity index (χ3n) is 5.83. The van der Waals surface area contributed by atoms with Crippen LogP contribution < -0.4 is 9.80 Å². The van der Waals surface area contributed by atoms with Crippen molar-refractivity contribution in [3.05, 3.63) is 78.1 Å². The Bertz CT molecular complexity index is 1150. The summed E-state index contributed by atoms with van der Waals surface area (Å²) in [5, 5.41) is 4.81. The summed E-state index contributed by atoms with van der Waals surface area (Å²) in [6.07, 6.45) is 3.79. The van der Waals surface area contributed by atoms with E-state index in [-0.39, 0.29) is 0 Å². The summed E-state index contributed by atoms with van der Waals surface area (Å²) in [5.41, 5.74) is 7.14. The SMILES string of the molecule is Cc1ccccc1-c1cc2c(N3CCN(c4ccccc4C)CC3)nccn2n1. The predicted molar refractivity (Wildman–Crippen MR) is 119 cm³/mol. The number of hydrogen-bond acceptors (Lipinski definition) is 4. The van der Waals surface area contributed by atoms with Gasteiger partial charge in [0.2, 0.25) is 0 Å². The highest BCUT2D eigenvalue weighted by Gasteiger charge is 2.22. The van der Waals surface area contributed by atoms with Crippen LogP contribution in [0.25, 0.3) is 16.8 Å². The van der Waals surface area contributed by atoms with Gasteiger partial charge in [-0.05, 0) is 37.1 Å². The smallest absolute Gasteiger partial charge is 0.154 e. The zero-order valence-corrected chi connectivity index (χ0v) is 16.9. The highest BCUT2D eigenvalue weighted by Crippen LogP contribution is 2.28. The molecule has 2 aromatic carbocycles. The maximum Gasteiger partial charge on any atom is 0.154 e. The van der Waals surface area contributed by atoms with E-state index in [1.165, 1.54) is 22.4 Å². The first-order chi connectivity index (χ1) is 14.2. The summed E-state index contributed by atoms with van der Waals surface area (Å²) in [4.78, 5) is 9.58. The minimum atomic E-state index is 0.950. The monoisotopic (exact) mass is 383 g/mol. The maximum absolute atomic E-state index is 4.81. The minimum Gasteiger partial charge on any atom is -0.368 e. The van der Waals surface area contributed by atoms with Gasteiger partial charge in [0, 0.05) is 49.8 Å². The van der Waals surface area contributed by atoms with Gasteiger partial charge in [-0.25, -0.2) is 9.50 Å². The summed E-state index contributed by atoms with van der Waals surface area (Å²) in [5.74, 6) is 1.02. The molecule has 0 spiro atoms. The number of aromatic nitrogens is 3. The van der Waals surface area contributed by atoms with Crippen LogP contribution >= 0.6 is 0 Å². The van der Waals surface area contributed by atoms with Crippen LogP contribution in [0.1, 0.15) is 11.1 Å². The molecule has 1 saturated heterocycles. The molecule has 4 aromatic rings. The van der Waals surface area contributed by atoms with E-state index in [4.69, 9.17) is 10.1 Å². The zero-order valence-electron chi connectivity index (χ0n) is 16.9. The van der Waals surface area contributed by atoms with Crippen LogP contribution in [0.2, 0.25) is 0 Å². The fourth-order valence-electron chi connectivity index (χ4n) is 4.22. The van der Waals surface area contributed by atoms with Crippen molar-refractivity contribution < 1.29 is 0 Å². The molecule has 29 heavy (non-hydrogen) atoms. The lowest BCUT2D eigenvalue weighted by molar-refractivity contribution is 0.646. The molecular weight excluding hydrogens is 358 g/mol. The molecule has 0 amide bonds. The lowest BCUT2D eigenvalue weighted by atomic mass is 10.1. The fourth-order valence-corrected chi connectivity index (χ4v) is 4.22. The number of benzene rings is 2. The van der Waals surface area contributed by atoms with E-state index >= 15 is 0 Å². The van der Waals surface area contributed by atoms with Gasteiger partial charge < -0.3 is 9.80 Å². The first-order valence-corrected chi connectivity index (χ1v) is 10.2. The molecule has 1 aliphatic heterocycles. The van der Waals surface area contributed by atoms with E-state index in [0.717, 1.165) is 43.2 Å². The van der Waals surface area contributed by atoms with E-state index < -0.39 is 0 Å². The molecule has 0 radical (unpaired) electrons. The van der Waals surface area contributed by atoms with Gasteiger partial charge in [0.1, 0.15) is 5.52 Å². The van der Waals surface area contributed by atoms with E-state index in [1.54, 1.807) is 0 Å². The van der Waals surface area contributed by atoms with Gasteiger partial charge in [-0.3, -0.25) is 0 Å². The molecule has 146 valence electrons. The van der Waals surface area contributed by atoms with Crippen LogP contribution in [-0.2, 0) is 0 Å². The Balaban J connectivity index is 1.43. The van der Waals surface area contributed by atoms with Crippen molar-refractivity contribution in [3.8, 4) is 11.3 Å². The molecule has 5 nitrogen and oxygen atoms in total.